The van der Waals surface area contributed by atoms with Crippen LogP contribution < -0.4 is 9.62 Å². The highest BCUT2D eigenvalue weighted by Gasteiger charge is 2.33. The van der Waals surface area contributed by atoms with Gasteiger partial charge in [-0.15, -0.1) is 0 Å². The highest BCUT2D eigenvalue weighted by atomic mass is 35.5. The third-order valence-electron chi connectivity index (χ3n) is 6.15. The van der Waals surface area contributed by atoms with Crippen LogP contribution in [0.2, 0.25) is 10.0 Å². The predicted octanol–water partition coefficient (Wildman–Crippen LogP) is 5.23. The van der Waals surface area contributed by atoms with Gasteiger partial charge in [0.15, 0.2) is 0 Å². The van der Waals surface area contributed by atoms with E-state index in [0.29, 0.717) is 6.54 Å². The van der Waals surface area contributed by atoms with Crippen LogP contribution in [0.3, 0.4) is 0 Å². The summed E-state index contributed by atoms with van der Waals surface area (Å²) in [6, 6.07) is 20.6. The summed E-state index contributed by atoms with van der Waals surface area (Å²) in [6.07, 6.45) is 1.98. The number of aryl methyl sites for hydroxylation is 1. The summed E-state index contributed by atoms with van der Waals surface area (Å²) >= 11 is 12.5. The minimum atomic E-state index is -3.94. The highest BCUT2D eigenvalue weighted by Crippen LogP contribution is 2.31. The molecule has 0 fully saturated rings. The molecular formula is C29H33Cl2N3O4S. The van der Waals surface area contributed by atoms with Crippen molar-refractivity contribution < 1.29 is 18.0 Å². The number of nitrogens with one attached hydrogen (secondary N) is 1. The van der Waals surface area contributed by atoms with Crippen molar-refractivity contribution in [3.05, 3.63) is 99.5 Å². The molecule has 1 atom stereocenters. The molecule has 3 aromatic rings. The highest BCUT2D eigenvalue weighted by molar-refractivity contribution is 7.92. The van der Waals surface area contributed by atoms with E-state index in [1.165, 1.54) is 23.1 Å². The normalized spacial score (nSPS) is 12.0. The Bertz CT molecular complexity index is 1380. The number of hydrogen-bond acceptors (Lipinski definition) is 4. The Labute approximate surface area is 240 Å². The lowest BCUT2D eigenvalue weighted by molar-refractivity contribution is -0.140. The largest absolute Gasteiger partial charge is 0.354 e. The number of hydrogen-bond donors (Lipinski definition) is 1. The summed E-state index contributed by atoms with van der Waals surface area (Å²) in [6.45, 7) is 3.90. The van der Waals surface area contributed by atoms with Crippen molar-refractivity contribution in [3.8, 4) is 0 Å². The lowest BCUT2D eigenvalue weighted by atomic mass is 10.0. The van der Waals surface area contributed by atoms with Gasteiger partial charge in [-0.25, -0.2) is 8.42 Å². The number of amides is 2. The first-order valence-electron chi connectivity index (χ1n) is 12.6. The van der Waals surface area contributed by atoms with Gasteiger partial charge in [0.25, 0.3) is 0 Å². The number of sulfonamides is 1. The van der Waals surface area contributed by atoms with E-state index in [1.807, 2.05) is 68.4 Å². The quantitative estimate of drug-likeness (QED) is 0.313. The van der Waals surface area contributed by atoms with E-state index in [9.17, 15) is 18.0 Å². The fourth-order valence-electron chi connectivity index (χ4n) is 4.08. The zero-order chi connectivity index (χ0) is 28.6. The molecule has 1 N–H and O–H groups in total. The first-order chi connectivity index (χ1) is 18.5. The van der Waals surface area contributed by atoms with Gasteiger partial charge in [0, 0.05) is 24.5 Å². The molecule has 0 aromatic heterocycles. The molecule has 0 aliphatic carbocycles. The summed E-state index contributed by atoms with van der Waals surface area (Å²) in [7, 11) is -3.94. The molecule has 0 radical (unpaired) electrons. The van der Waals surface area contributed by atoms with Crippen LogP contribution in [0.4, 0.5) is 5.69 Å². The molecule has 3 rings (SSSR count). The standard InChI is InChI=1S/C29H33Cl2N3O4S/c1-4-16-32-29(36)27(17-22-8-6-5-7-9-22)33(19-23-12-10-21(2)11-13-23)28(35)20-34(39(3,37)38)26-18-24(30)14-15-25(26)31/h5-15,18,27H,4,16-17,19-20H2,1-3H3,(H,32,36)/t27-/m0/s1. The topological polar surface area (TPSA) is 86.8 Å². The lowest BCUT2D eigenvalue weighted by Gasteiger charge is -2.33. The molecule has 0 bridgehead atoms. The molecule has 3 aromatic carbocycles. The molecular weight excluding hydrogens is 557 g/mol. The SMILES string of the molecule is CCCNC(=O)[C@H](Cc1ccccc1)N(Cc1ccc(C)cc1)C(=O)CN(c1cc(Cl)ccc1Cl)S(C)(=O)=O. The van der Waals surface area contributed by atoms with E-state index in [1.54, 1.807) is 0 Å². The van der Waals surface area contributed by atoms with Crippen LogP contribution in [0.25, 0.3) is 0 Å². The van der Waals surface area contributed by atoms with Crippen LogP contribution in [-0.4, -0.2) is 50.5 Å². The number of anilines is 1. The van der Waals surface area contributed by atoms with Crippen molar-refractivity contribution in [3.63, 3.8) is 0 Å². The Balaban J connectivity index is 2.06. The molecule has 0 saturated carbocycles. The smallest absolute Gasteiger partial charge is 0.244 e. The van der Waals surface area contributed by atoms with Gasteiger partial charge in [0.05, 0.1) is 17.0 Å². The average Bonchev–Trinajstić information content (AvgIpc) is 2.90. The second-order valence-electron chi connectivity index (χ2n) is 9.37. The lowest BCUT2D eigenvalue weighted by Crippen LogP contribution is -2.53. The van der Waals surface area contributed by atoms with Crippen LogP contribution in [0.1, 0.15) is 30.0 Å². The van der Waals surface area contributed by atoms with E-state index < -0.39 is 28.5 Å². The minimum Gasteiger partial charge on any atom is -0.354 e. The molecule has 0 spiro atoms. The van der Waals surface area contributed by atoms with Gasteiger partial charge in [-0.3, -0.25) is 13.9 Å². The molecule has 0 heterocycles. The van der Waals surface area contributed by atoms with Gasteiger partial charge >= 0.3 is 0 Å². The molecule has 0 unspecified atom stereocenters. The van der Waals surface area contributed by atoms with Crippen LogP contribution in [0.5, 0.6) is 0 Å². The number of benzene rings is 3. The van der Waals surface area contributed by atoms with Crippen molar-refractivity contribution in [1.82, 2.24) is 10.2 Å². The van der Waals surface area contributed by atoms with Crippen LogP contribution >= 0.6 is 23.2 Å². The van der Waals surface area contributed by atoms with Crippen LogP contribution in [0.15, 0.2) is 72.8 Å². The van der Waals surface area contributed by atoms with E-state index >= 15 is 0 Å². The van der Waals surface area contributed by atoms with Crippen molar-refractivity contribution in [2.75, 3.05) is 23.7 Å². The maximum Gasteiger partial charge on any atom is 0.244 e. The summed E-state index contributed by atoms with van der Waals surface area (Å²) in [5, 5.41) is 3.31. The number of carbonyl (C=O) groups is 2. The fourth-order valence-corrected chi connectivity index (χ4v) is 5.37. The Hall–Kier alpha value is -3.07. The van der Waals surface area contributed by atoms with Gasteiger partial charge in [-0.05, 0) is 42.7 Å². The molecule has 0 saturated heterocycles. The molecule has 0 aliphatic heterocycles. The minimum absolute atomic E-state index is 0.0883. The summed E-state index contributed by atoms with van der Waals surface area (Å²) < 4.78 is 26.6. The van der Waals surface area contributed by atoms with Gasteiger partial charge in [0.2, 0.25) is 21.8 Å². The third kappa shape index (κ3) is 8.71. The second-order valence-corrected chi connectivity index (χ2v) is 12.1. The van der Waals surface area contributed by atoms with Gasteiger partial charge in [0.1, 0.15) is 12.6 Å². The summed E-state index contributed by atoms with van der Waals surface area (Å²) in [4.78, 5) is 28.9. The number of nitrogens with zero attached hydrogens (tertiary/aromatic N) is 2. The van der Waals surface area contributed by atoms with Crippen molar-refractivity contribution in [2.45, 2.75) is 39.3 Å². The first kappa shape index (κ1) is 30.5. The molecule has 7 nitrogen and oxygen atoms in total. The van der Waals surface area contributed by atoms with E-state index in [4.69, 9.17) is 23.2 Å². The number of halogens is 2. The van der Waals surface area contributed by atoms with Gasteiger partial charge in [-0.2, -0.15) is 0 Å². The van der Waals surface area contributed by atoms with Crippen LogP contribution in [-0.2, 0) is 32.6 Å². The van der Waals surface area contributed by atoms with Crippen molar-refractivity contribution >= 4 is 50.7 Å². The van der Waals surface area contributed by atoms with E-state index in [0.717, 1.165) is 33.7 Å². The van der Waals surface area contributed by atoms with Crippen LogP contribution in [0, 0.1) is 6.92 Å². The van der Waals surface area contributed by atoms with E-state index in [2.05, 4.69) is 5.32 Å². The Morgan fingerprint density at radius 3 is 2.23 bits per heavy atom. The average molecular weight is 591 g/mol. The number of rotatable bonds is 12. The Morgan fingerprint density at radius 2 is 1.62 bits per heavy atom. The maximum atomic E-state index is 14.0. The molecule has 208 valence electrons. The fraction of sp³-hybridized carbons (Fsp3) is 0.310. The van der Waals surface area contributed by atoms with Gasteiger partial charge in [-0.1, -0.05) is 90.3 Å². The molecule has 39 heavy (non-hydrogen) atoms. The Morgan fingerprint density at radius 1 is 0.949 bits per heavy atom. The zero-order valence-electron chi connectivity index (χ0n) is 22.2. The monoisotopic (exact) mass is 589 g/mol. The van der Waals surface area contributed by atoms with Crippen molar-refractivity contribution in [1.29, 1.82) is 0 Å². The third-order valence-corrected chi connectivity index (χ3v) is 7.83. The predicted molar refractivity (Wildman–Crippen MR) is 158 cm³/mol. The summed E-state index contributed by atoms with van der Waals surface area (Å²) in [5.74, 6) is -0.863. The second kappa shape index (κ2) is 13.8. The van der Waals surface area contributed by atoms with E-state index in [-0.39, 0.29) is 34.6 Å². The maximum absolute atomic E-state index is 14.0. The van der Waals surface area contributed by atoms with Crippen molar-refractivity contribution in [2.24, 2.45) is 0 Å². The molecule has 0 aliphatic rings. The molecule has 2 amide bonds. The zero-order valence-corrected chi connectivity index (χ0v) is 24.6. The Kier molecular flexibility index (Phi) is 10.8. The van der Waals surface area contributed by atoms with Gasteiger partial charge < -0.3 is 10.2 Å². The first-order valence-corrected chi connectivity index (χ1v) is 15.2. The molecule has 10 heteroatoms. The number of carbonyl (C=O) groups excluding carboxylic acids is 2. The summed E-state index contributed by atoms with van der Waals surface area (Å²) in [5.41, 5.74) is 2.82.